The van der Waals surface area contributed by atoms with Crippen molar-refractivity contribution in [3.63, 3.8) is 0 Å². The molecule has 3 aromatic carbocycles. The van der Waals surface area contributed by atoms with Gasteiger partial charge in [0.1, 0.15) is 12.6 Å². The van der Waals surface area contributed by atoms with E-state index in [-0.39, 0.29) is 23.4 Å². The molecule has 1 N–H and O–H groups in total. The van der Waals surface area contributed by atoms with E-state index in [2.05, 4.69) is 5.32 Å². The first-order chi connectivity index (χ1) is 18.4. The van der Waals surface area contributed by atoms with Gasteiger partial charge in [0.05, 0.1) is 10.6 Å². The van der Waals surface area contributed by atoms with E-state index in [1.165, 1.54) is 17.0 Å². The highest BCUT2D eigenvalue weighted by Gasteiger charge is 2.33. The minimum absolute atomic E-state index is 0.0554. The Hall–Kier alpha value is -3.36. The maximum Gasteiger partial charge on any atom is 0.264 e. The lowest BCUT2D eigenvalue weighted by Gasteiger charge is -2.33. The number of carbonyl (C=O) groups excluding carboxylic acids is 2. The van der Waals surface area contributed by atoms with Crippen LogP contribution < -0.4 is 9.62 Å². The van der Waals surface area contributed by atoms with Crippen LogP contribution in [0.2, 0.25) is 5.02 Å². The van der Waals surface area contributed by atoms with E-state index in [0.717, 1.165) is 21.9 Å². The normalized spacial score (nSPS) is 12.9. The first kappa shape index (κ1) is 30.2. The first-order valence-corrected chi connectivity index (χ1v) is 14.7. The summed E-state index contributed by atoms with van der Waals surface area (Å²) in [6, 6.07) is 19.6. The Morgan fingerprint density at radius 3 is 2.18 bits per heavy atom. The molecular weight excluding hydrogens is 534 g/mol. The van der Waals surface area contributed by atoms with E-state index < -0.39 is 28.5 Å². The Bertz CT molecular complexity index is 1400. The lowest BCUT2D eigenvalue weighted by molar-refractivity contribution is -0.139. The van der Waals surface area contributed by atoms with Crippen LogP contribution in [0, 0.1) is 13.8 Å². The number of benzene rings is 3. The summed E-state index contributed by atoms with van der Waals surface area (Å²) in [4.78, 5) is 28.6. The number of hydrogen-bond acceptors (Lipinski definition) is 4. The molecule has 0 aliphatic heterocycles. The molecule has 9 heteroatoms. The van der Waals surface area contributed by atoms with Gasteiger partial charge in [-0.05, 0) is 75.6 Å². The summed E-state index contributed by atoms with van der Waals surface area (Å²) in [6.45, 7) is 8.88. The fraction of sp³-hybridized carbons (Fsp3) is 0.333. The van der Waals surface area contributed by atoms with Gasteiger partial charge < -0.3 is 10.2 Å². The molecule has 2 atom stereocenters. The predicted octanol–water partition coefficient (Wildman–Crippen LogP) is 5.48. The average molecular weight is 570 g/mol. The van der Waals surface area contributed by atoms with Crippen LogP contribution in [0.3, 0.4) is 0 Å². The van der Waals surface area contributed by atoms with Gasteiger partial charge in [-0.3, -0.25) is 13.9 Å². The summed E-state index contributed by atoms with van der Waals surface area (Å²) in [5.41, 5.74) is 2.83. The number of carbonyl (C=O) groups is 2. The van der Waals surface area contributed by atoms with Crippen LogP contribution in [0.15, 0.2) is 77.7 Å². The van der Waals surface area contributed by atoms with Crippen molar-refractivity contribution in [3.05, 3.63) is 94.5 Å². The zero-order valence-corrected chi connectivity index (χ0v) is 24.6. The monoisotopic (exact) mass is 569 g/mol. The summed E-state index contributed by atoms with van der Waals surface area (Å²) in [5, 5.41) is 3.39. The van der Waals surface area contributed by atoms with Gasteiger partial charge in [0.2, 0.25) is 11.8 Å². The maximum atomic E-state index is 14.0. The molecule has 0 bridgehead atoms. The molecule has 3 aromatic rings. The molecule has 2 amide bonds. The highest BCUT2D eigenvalue weighted by molar-refractivity contribution is 7.92. The third-order valence-electron chi connectivity index (χ3n) is 6.68. The molecule has 208 valence electrons. The van der Waals surface area contributed by atoms with Gasteiger partial charge in [0, 0.05) is 17.6 Å². The Morgan fingerprint density at radius 1 is 0.949 bits per heavy atom. The van der Waals surface area contributed by atoms with E-state index in [1.807, 2.05) is 45.0 Å². The van der Waals surface area contributed by atoms with E-state index >= 15 is 0 Å². The minimum Gasteiger partial charge on any atom is -0.352 e. The van der Waals surface area contributed by atoms with Crippen LogP contribution in [0.5, 0.6) is 0 Å². The maximum absolute atomic E-state index is 14.0. The van der Waals surface area contributed by atoms with E-state index in [4.69, 9.17) is 11.6 Å². The molecule has 0 aliphatic rings. The highest BCUT2D eigenvalue weighted by Crippen LogP contribution is 2.29. The molecule has 0 unspecified atom stereocenters. The summed E-state index contributed by atoms with van der Waals surface area (Å²) in [5.74, 6) is -0.804. The highest BCUT2D eigenvalue weighted by atomic mass is 35.5. The smallest absolute Gasteiger partial charge is 0.264 e. The molecular formula is C30H36ClN3O4S. The van der Waals surface area contributed by atoms with Crippen molar-refractivity contribution in [3.8, 4) is 0 Å². The summed E-state index contributed by atoms with van der Waals surface area (Å²) in [7, 11) is -4.12. The van der Waals surface area contributed by atoms with Crippen LogP contribution in [0.4, 0.5) is 5.69 Å². The number of hydrogen-bond donors (Lipinski definition) is 1. The molecule has 39 heavy (non-hydrogen) atoms. The third kappa shape index (κ3) is 7.61. The van der Waals surface area contributed by atoms with Gasteiger partial charge in [-0.1, -0.05) is 66.6 Å². The Labute approximate surface area is 236 Å². The summed E-state index contributed by atoms with van der Waals surface area (Å²) >= 11 is 6.15. The van der Waals surface area contributed by atoms with E-state index in [1.54, 1.807) is 50.2 Å². The second-order valence-corrected chi connectivity index (χ2v) is 12.1. The van der Waals surface area contributed by atoms with Crippen molar-refractivity contribution in [2.75, 3.05) is 10.8 Å². The van der Waals surface area contributed by atoms with Crippen LogP contribution in [0.25, 0.3) is 0 Å². The zero-order chi connectivity index (χ0) is 28.7. The number of nitrogens with one attached hydrogen (secondary N) is 1. The second-order valence-electron chi connectivity index (χ2n) is 9.76. The van der Waals surface area contributed by atoms with Gasteiger partial charge in [-0.25, -0.2) is 8.42 Å². The number of nitrogens with zero attached hydrogens (tertiary/aromatic N) is 2. The number of sulfonamides is 1. The third-order valence-corrected chi connectivity index (χ3v) is 8.69. The molecule has 3 rings (SSSR count). The molecule has 0 saturated heterocycles. The summed E-state index contributed by atoms with van der Waals surface area (Å²) < 4.78 is 28.8. The summed E-state index contributed by atoms with van der Waals surface area (Å²) in [6.07, 6.45) is 0.739. The van der Waals surface area contributed by atoms with Crippen molar-refractivity contribution >= 4 is 39.1 Å². The Morgan fingerprint density at radius 2 is 1.59 bits per heavy atom. The number of anilines is 1. The van der Waals surface area contributed by atoms with E-state index in [0.29, 0.717) is 16.3 Å². The van der Waals surface area contributed by atoms with Gasteiger partial charge in [-0.15, -0.1) is 0 Å². The molecule has 0 heterocycles. The van der Waals surface area contributed by atoms with Crippen molar-refractivity contribution in [2.45, 2.75) is 64.6 Å². The quantitative estimate of drug-likeness (QED) is 0.331. The van der Waals surface area contributed by atoms with Crippen molar-refractivity contribution in [1.82, 2.24) is 10.2 Å². The first-order valence-electron chi connectivity index (χ1n) is 12.9. The van der Waals surface area contributed by atoms with Gasteiger partial charge in [0.15, 0.2) is 0 Å². The molecule has 0 aromatic heterocycles. The standard InChI is InChI=1S/C30H36ClN3O4S/c1-6-23(4)32-30(36)24(5)33(19-25-14-12-21(2)13-15-25)29(35)20-34(28-17-16-26(31)18-22(28)3)39(37,38)27-10-8-7-9-11-27/h7-18,23-24H,6,19-20H2,1-5H3,(H,32,36)/t23-,24+/m1/s1. The lowest BCUT2D eigenvalue weighted by Crippen LogP contribution is -2.52. The van der Waals surface area contributed by atoms with Crippen molar-refractivity contribution in [1.29, 1.82) is 0 Å². The fourth-order valence-electron chi connectivity index (χ4n) is 4.07. The number of halogens is 1. The van der Waals surface area contributed by atoms with Crippen LogP contribution >= 0.6 is 11.6 Å². The average Bonchev–Trinajstić information content (AvgIpc) is 2.91. The number of rotatable bonds is 11. The second kappa shape index (κ2) is 13.1. The fourth-order valence-corrected chi connectivity index (χ4v) is 5.80. The van der Waals surface area contributed by atoms with Gasteiger partial charge >= 0.3 is 0 Å². The van der Waals surface area contributed by atoms with Crippen molar-refractivity contribution < 1.29 is 18.0 Å². The molecule has 0 spiro atoms. The molecule has 0 aliphatic carbocycles. The van der Waals surface area contributed by atoms with Gasteiger partial charge in [-0.2, -0.15) is 0 Å². The predicted molar refractivity (Wildman–Crippen MR) is 156 cm³/mol. The number of amides is 2. The SMILES string of the molecule is CC[C@@H](C)NC(=O)[C@H](C)N(Cc1ccc(C)cc1)C(=O)CN(c1ccc(Cl)cc1C)S(=O)(=O)c1ccccc1. The minimum atomic E-state index is -4.12. The van der Waals surface area contributed by atoms with E-state index in [9.17, 15) is 18.0 Å². The largest absolute Gasteiger partial charge is 0.352 e. The van der Waals surface area contributed by atoms with Crippen LogP contribution in [-0.4, -0.2) is 43.8 Å². The molecule has 0 saturated carbocycles. The van der Waals surface area contributed by atoms with Crippen LogP contribution in [0.1, 0.15) is 43.9 Å². The molecule has 0 radical (unpaired) electrons. The van der Waals surface area contributed by atoms with Gasteiger partial charge in [0.25, 0.3) is 10.0 Å². The molecule has 0 fully saturated rings. The Kier molecular flexibility index (Phi) is 10.2. The van der Waals surface area contributed by atoms with Crippen LogP contribution in [-0.2, 0) is 26.2 Å². The number of aryl methyl sites for hydroxylation is 2. The van der Waals surface area contributed by atoms with Crippen molar-refractivity contribution in [2.24, 2.45) is 0 Å². The lowest BCUT2D eigenvalue weighted by atomic mass is 10.1. The Balaban J connectivity index is 2.04. The topological polar surface area (TPSA) is 86.8 Å². The molecule has 7 nitrogen and oxygen atoms in total. The zero-order valence-electron chi connectivity index (χ0n) is 23.0.